The molecule has 2 rings (SSSR count). The van der Waals surface area contributed by atoms with E-state index in [1.165, 1.54) is 7.11 Å². The first kappa shape index (κ1) is 14.6. The van der Waals surface area contributed by atoms with Crippen molar-refractivity contribution >= 4 is 17.3 Å². The third-order valence-electron chi connectivity index (χ3n) is 3.02. The molecular weight excluding hydrogens is 274 g/mol. The van der Waals surface area contributed by atoms with Crippen molar-refractivity contribution in [3.63, 3.8) is 0 Å². The van der Waals surface area contributed by atoms with Crippen molar-refractivity contribution in [3.8, 4) is 5.75 Å². The lowest BCUT2D eigenvalue weighted by molar-refractivity contribution is -0.141. The number of aromatic hydroxyl groups is 1. The SMILES string of the molecule is COC(=O)CC(NCc1ccccc1O)c1cccs1. The van der Waals surface area contributed by atoms with Gasteiger partial charge in [-0.25, -0.2) is 0 Å². The van der Waals surface area contributed by atoms with Crippen molar-refractivity contribution in [3.05, 3.63) is 52.2 Å². The quantitative estimate of drug-likeness (QED) is 0.804. The molecule has 106 valence electrons. The van der Waals surface area contributed by atoms with Gasteiger partial charge in [0.1, 0.15) is 5.75 Å². The number of thiophene rings is 1. The maximum Gasteiger partial charge on any atom is 0.307 e. The molecule has 1 aromatic heterocycles. The minimum absolute atomic E-state index is 0.109. The van der Waals surface area contributed by atoms with Crippen molar-refractivity contribution in [2.45, 2.75) is 19.0 Å². The number of esters is 1. The van der Waals surface area contributed by atoms with Gasteiger partial charge in [-0.2, -0.15) is 0 Å². The van der Waals surface area contributed by atoms with Gasteiger partial charge in [0.05, 0.1) is 19.6 Å². The molecule has 0 saturated heterocycles. The van der Waals surface area contributed by atoms with E-state index < -0.39 is 0 Å². The Morgan fingerprint density at radius 2 is 2.15 bits per heavy atom. The number of hydrogen-bond acceptors (Lipinski definition) is 5. The average molecular weight is 291 g/mol. The summed E-state index contributed by atoms with van der Waals surface area (Å²) in [5, 5.41) is 15.0. The van der Waals surface area contributed by atoms with Gasteiger partial charge in [-0.15, -0.1) is 11.3 Å². The predicted octanol–water partition coefficient (Wildman–Crippen LogP) is 2.85. The van der Waals surface area contributed by atoms with Crippen LogP contribution in [0.4, 0.5) is 0 Å². The number of ether oxygens (including phenoxy) is 1. The summed E-state index contributed by atoms with van der Waals surface area (Å²) in [6.07, 6.45) is 0.268. The number of phenolic OH excluding ortho intramolecular Hbond substituents is 1. The molecule has 0 aliphatic heterocycles. The van der Waals surface area contributed by atoms with Crippen LogP contribution in [0, 0.1) is 0 Å². The Morgan fingerprint density at radius 1 is 1.35 bits per heavy atom. The number of carbonyl (C=O) groups excluding carboxylic acids is 1. The Kier molecular flexibility index (Phi) is 5.15. The van der Waals surface area contributed by atoms with E-state index in [4.69, 9.17) is 4.74 Å². The van der Waals surface area contributed by atoms with Crippen molar-refractivity contribution < 1.29 is 14.6 Å². The molecule has 0 bridgehead atoms. The molecule has 0 aliphatic rings. The van der Waals surface area contributed by atoms with Crippen LogP contribution in [0.1, 0.15) is 22.9 Å². The van der Waals surface area contributed by atoms with Crippen LogP contribution in [0.3, 0.4) is 0 Å². The molecule has 0 amide bonds. The van der Waals surface area contributed by atoms with Gasteiger partial charge in [0.2, 0.25) is 0 Å². The third kappa shape index (κ3) is 3.82. The van der Waals surface area contributed by atoms with E-state index in [2.05, 4.69) is 5.32 Å². The summed E-state index contributed by atoms with van der Waals surface area (Å²) in [7, 11) is 1.39. The number of methoxy groups -OCH3 is 1. The molecule has 20 heavy (non-hydrogen) atoms. The Bertz CT molecular complexity index is 554. The Hall–Kier alpha value is -1.85. The molecule has 0 spiro atoms. The highest BCUT2D eigenvalue weighted by molar-refractivity contribution is 7.10. The van der Waals surface area contributed by atoms with Gasteiger partial charge in [0.25, 0.3) is 0 Å². The molecule has 1 heterocycles. The first-order valence-corrected chi connectivity index (χ1v) is 7.19. The molecule has 4 nitrogen and oxygen atoms in total. The average Bonchev–Trinajstić information content (AvgIpc) is 2.98. The monoisotopic (exact) mass is 291 g/mol. The van der Waals surface area contributed by atoms with E-state index in [0.717, 1.165) is 10.4 Å². The van der Waals surface area contributed by atoms with Gasteiger partial charge in [0.15, 0.2) is 0 Å². The molecule has 5 heteroatoms. The van der Waals surface area contributed by atoms with Crippen LogP contribution in [0.2, 0.25) is 0 Å². The molecule has 0 saturated carbocycles. The van der Waals surface area contributed by atoms with Crippen LogP contribution in [0.15, 0.2) is 41.8 Å². The number of para-hydroxylation sites is 1. The lowest BCUT2D eigenvalue weighted by atomic mass is 10.1. The van der Waals surface area contributed by atoms with E-state index >= 15 is 0 Å². The van der Waals surface area contributed by atoms with Crippen molar-refractivity contribution in [2.75, 3.05) is 7.11 Å². The van der Waals surface area contributed by atoms with Gasteiger partial charge < -0.3 is 15.2 Å². The second-order valence-corrected chi connectivity index (χ2v) is 5.34. The third-order valence-corrected chi connectivity index (χ3v) is 4.00. The largest absolute Gasteiger partial charge is 0.508 e. The molecule has 1 atom stereocenters. The first-order valence-electron chi connectivity index (χ1n) is 6.31. The minimum atomic E-state index is -0.256. The van der Waals surface area contributed by atoms with Gasteiger partial charge in [0, 0.05) is 17.0 Å². The molecule has 2 aromatic rings. The second kappa shape index (κ2) is 7.07. The van der Waals surface area contributed by atoms with Gasteiger partial charge >= 0.3 is 5.97 Å². The number of phenols is 1. The lowest BCUT2D eigenvalue weighted by Gasteiger charge is -2.16. The van der Waals surface area contributed by atoms with E-state index in [-0.39, 0.29) is 24.2 Å². The van der Waals surface area contributed by atoms with Crippen LogP contribution in [-0.4, -0.2) is 18.2 Å². The predicted molar refractivity (Wildman–Crippen MR) is 78.6 cm³/mol. The van der Waals surface area contributed by atoms with Crippen molar-refractivity contribution in [1.82, 2.24) is 5.32 Å². The van der Waals surface area contributed by atoms with Crippen LogP contribution >= 0.6 is 11.3 Å². The van der Waals surface area contributed by atoms with E-state index in [9.17, 15) is 9.90 Å². The number of benzene rings is 1. The zero-order valence-electron chi connectivity index (χ0n) is 11.2. The van der Waals surface area contributed by atoms with Gasteiger partial charge in [-0.3, -0.25) is 4.79 Å². The lowest BCUT2D eigenvalue weighted by Crippen LogP contribution is -2.23. The Balaban J connectivity index is 2.05. The van der Waals surface area contributed by atoms with E-state index in [1.807, 2.05) is 29.6 Å². The minimum Gasteiger partial charge on any atom is -0.508 e. The van der Waals surface area contributed by atoms with Crippen molar-refractivity contribution in [1.29, 1.82) is 0 Å². The smallest absolute Gasteiger partial charge is 0.307 e. The summed E-state index contributed by atoms with van der Waals surface area (Å²) in [6, 6.07) is 11.0. The Labute approximate surface area is 122 Å². The second-order valence-electron chi connectivity index (χ2n) is 4.36. The zero-order valence-corrected chi connectivity index (χ0v) is 12.0. The maximum atomic E-state index is 11.5. The first-order chi connectivity index (χ1) is 9.70. The van der Waals surface area contributed by atoms with Crippen LogP contribution < -0.4 is 5.32 Å². The zero-order chi connectivity index (χ0) is 14.4. The fourth-order valence-corrected chi connectivity index (χ4v) is 2.71. The molecule has 0 fully saturated rings. The summed E-state index contributed by atoms with van der Waals surface area (Å²) >= 11 is 1.59. The van der Waals surface area contributed by atoms with Crippen LogP contribution in [0.5, 0.6) is 5.75 Å². The summed E-state index contributed by atoms with van der Waals surface area (Å²) in [5.41, 5.74) is 0.805. The summed E-state index contributed by atoms with van der Waals surface area (Å²) in [4.78, 5) is 12.6. The highest BCUT2D eigenvalue weighted by Crippen LogP contribution is 2.24. The number of hydrogen-bond donors (Lipinski definition) is 2. The standard InChI is InChI=1S/C15H17NO3S/c1-19-15(18)9-12(14-7-4-8-20-14)16-10-11-5-2-3-6-13(11)17/h2-8,12,16-17H,9-10H2,1H3. The van der Waals surface area contributed by atoms with E-state index in [0.29, 0.717) is 6.54 Å². The molecule has 2 N–H and O–H groups in total. The molecule has 0 radical (unpaired) electrons. The van der Waals surface area contributed by atoms with Crippen LogP contribution in [0.25, 0.3) is 0 Å². The molecular formula is C15H17NO3S. The maximum absolute atomic E-state index is 11.5. The number of carbonyl (C=O) groups is 1. The number of nitrogens with one attached hydrogen (secondary N) is 1. The molecule has 1 aromatic carbocycles. The summed E-state index contributed by atoms with van der Waals surface area (Å²) in [5.74, 6) is -0.00354. The topological polar surface area (TPSA) is 58.6 Å². The molecule has 1 unspecified atom stereocenters. The fraction of sp³-hybridized carbons (Fsp3) is 0.267. The van der Waals surface area contributed by atoms with E-state index in [1.54, 1.807) is 23.5 Å². The van der Waals surface area contributed by atoms with Crippen molar-refractivity contribution in [2.24, 2.45) is 0 Å². The Morgan fingerprint density at radius 3 is 2.80 bits per heavy atom. The summed E-state index contributed by atoms with van der Waals surface area (Å²) in [6.45, 7) is 0.492. The highest BCUT2D eigenvalue weighted by atomic mass is 32.1. The van der Waals surface area contributed by atoms with Gasteiger partial charge in [-0.1, -0.05) is 24.3 Å². The molecule has 0 aliphatic carbocycles. The summed E-state index contributed by atoms with van der Waals surface area (Å²) < 4.78 is 4.73. The highest BCUT2D eigenvalue weighted by Gasteiger charge is 2.17. The number of rotatable bonds is 6. The van der Waals surface area contributed by atoms with Crippen LogP contribution in [-0.2, 0) is 16.1 Å². The fourth-order valence-electron chi connectivity index (χ4n) is 1.91. The normalized spacial score (nSPS) is 12.1. The van der Waals surface area contributed by atoms with Gasteiger partial charge in [-0.05, 0) is 17.5 Å².